The number of aromatic nitrogens is 3. The van der Waals surface area contributed by atoms with Gasteiger partial charge in [-0.3, -0.25) is 9.59 Å². The van der Waals surface area contributed by atoms with Gasteiger partial charge in [0.1, 0.15) is 48.4 Å². The van der Waals surface area contributed by atoms with Crippen molar-refractivity contribution in [2.75, 3.05) is 11.9 Å². The van der Waals surface area contributed by atoms with Gasteiger partial charge in [0, 0.05) is 12.2 Å². The molecule has 1 aliphatic heterocycles. The maximum absolute atomic E-state index is 13.3. The Bertz CT molecular complexity index is 1440. The third-order valence-corrected chi connectivity index (χ3v) is 6.00. The van der Waals surface area contributed by atoms with E-state index in [2.05, 4.69) is 15.4 Å². The quantitative estimate of drug-likeness (QED) is 0.386. The molecule has 0 bridgehead atoms. The lowest BCUT2D eigenvalue weighted by molar-refractivity contribution is -0.137. The van der Waals surface area contributed by atoms with Gasteiger partial charge in [-0.05, 0) is 78.2 Å². The number of likely N-dealkylation sites (tertiary alicyclic amines) is 1. The number of benzene rings is 3. The molecule has 1 saturated heterocycles. The Morgan fingerprint density at radius 1 is 0.947 bits per heavy atom. The van der Waals surface area contributed by atoms with Gasteiger partial charge in [0.15, 0.2) is 0 Å². The maximum atomic E-state index is 13.3. The number of nitrogens with one attached hydrogen (secondary N) is 1. The zero-order valence-corrected chi connectivity index (χ0v) is 20.1. The van der Waals surface area contributed by atoms with Crippen LogP contribution in [0.15, 0.2) is 91.0 Å². The number of anilines is 1. The molecular formula is C28H23F2N5O3. The standard InChI is InChI=1S/C28H23F2N5O3/c29-21-3-1-19(2-4-21)13-20-14-26(35(15-20)27(36)16-34-18-31-17-32-34)28(37)33-23-7-11-25(12-8-23)38-24-9-5-22(30)6-10-24/h1-13,17-18,26H,14-16H2,(H,33,37)/b20-13+/t26-/m0/s1. The number of nitrogens with zero attached hydrogens (tertiary/aromatic N) is 4. The highest BCUT2D eigenvalue weighted by molar-refractivity contribution is 5.98. The topological polar surface area (TPSA) is 89.4 Å². The van der Waals surface area contributed by atoms with E-state index in [1.54, 1.807) is 36.4 Å². The second-order valence-electron chi connectivity index (χ2n) is 8.76. The second-order valence-corrected chi connectivity index (χ2v) is 8.76. The summed E-state index contributed by atoms with van der Waals surface area (Å²) < 4.78 is 33.5. The number of carbonyl (C=O) groups excluding carboxylic acids is 2. The molecule has 1 N–H and O–H groups in total. The fourth-order valence-electron chi connectivity index (χ4n) is 4.16. The van der Waals surface area contributed by atoms with E-state index >= 15 is 0 Å². The predicted octanol–water partition coefficient (Wildman–Crippen LogP) is 4.67. The predicted molar refractivity (Wildman–Crippen MR) is 136 cm³/mol. The van der Waals surface area contributed by atoms with Gasteiger partial charge >= 0.3 is 0 Å². The largest absolute Gasteiger partial charge is 0.457 e. The SMILES string of the molecule is O=C(Nc1ccc(Oc2ccc(F)cc2)cc1)[C@@H]1C/C(=C\c2ccc(F)cc2)CN1C(=O)Cn1cncn1. The summed E-state index contributed by atoms with van der Waals surface area (Å²) in [5.74, 6) is -0.310. The molecule has 0 saturated carbocycles. The van der Waals surface area contributed by atoms with E-state index in [1.807, 2.05) is 6.08 Å². The molecule has 1 atom stereocenters. The molecule has 10 heteroatoms. The third-order valence-electron chi connectivity index (χ3n) is 6.00. The van der Waals surface area contributed by atoms with Crippen LogP contribution in [-0.2, 0) is 16.1 Å². The van der Waals surface area contributed by atoms with E-state index < -0.39 is 6.04 Å². The number of amides is 2. The lowest BCUT2D eigenvalue weighted by Gasteiger charge is -2.23. The smallest absolute Gasteiger partial charge is 0.247 e. The van der Waals surface area contributed by atoms with Gasteiger partial charge in [0.2, 0.25) is 11.8 Å². The maximum Gasteiger partial charge on any atom is 0.247 e. The highest BCUT2D eigenvalue weighted by Crippen LogP contribution is 2.28. The molecule has 38 heavy (non-hydrogen) atoms. The molecule has 1 fully saturated rings. The first-order valence-corrected chi connectivity index (χ1v) is 11.8. The van der Waals surface area contributed by atoms with Crippen LogP contribution in [0.3, 0.4) is 0 Å². The van der Waals surface area contributed by atoms with Crippen LogP contribution >= 0.6 is 0 Å². The van der Waals surface area contributed by atoms with Crippen LogP contribution in [-0.4, -0.2) is 44.1 Å². The Labute approximate surface area is 217 Å². The minimum Gasteiger partial charge on any atom is -0.457 e. The number of carbonyl (C=O) groups is 2. The Kier molecular flexibility index (Phi) is 7.21. The molecule has 0 spiro atoms. The van der Waals surface area contributed by atoms with Crippen LogP contribution in [0.1, 0.15) is 12.0 Å². The normalized spacial score (nSPS) is 16.0. The number of ether oxygens (including phenoxy) is 1. The van der Waals surface area contributed by atoms with Crippen molar-refractivity contribution in [3.63, 3.8) is 0 Å². The summed E-state index contributed by atoms with van der Waals surface area (Å²) in [4.78, 5) is 31.8. The molecule has 4 aromatic rings. The second kappa shape index (κ2) is 11.0. The van der Waals surface area contributed by atoms with E-state index in [0.29, 0.717) is 23.6 Å². The van der Waals surface area contributed by atoms with Gasteiger partial charge in [-0.1, -0.05) is 18.2 Å². The van der Waals surface area contributed by atoms with Gasteiger partial charge in [-0.2, -0.15) is 5.10 Å². The van der Waals surface area contributed by atoms with Gasteiger partial charge in [-0.25, -0.2) is 18.4 Å². The summed E-state index contributed by atoms with van der Waals surface area (Å²) in [5.41, 5.74) is 2.18. The minimum absolute atomic E-state index is 0.0525. The summed E-state index contributed by atoms with van der Waals surface area (Å²) in [6.45, 7) is 0.205. The van der Waals surface area contributed by atoms with E-state index in [4.69, 9.17) is 4.74 Å². The van der Waals surface area contributed by atoms with Crippen molar-refractivity contribution < 1.29 is 23.1 Å². The van der Waals surface area contributed by atoms with Crippen molar-refractivity contribution in [3.8, 4) is 11.5 Å². The molecule has 1 aliphatic rings. The molecule has 3 aromatic carbocycles. The molecule has 0 aliphatic carbocycles. The zero-order valence-electron chi connectivity index (χ0n) is 20.1. The summed E-state index contributed by atoms with van der Waals surface area (Å²) in [7, 11) is 0. The van der Waals surface area contributed by atoms with Crippen LogP contribution < -0.4 is 10.1 Å². The Morgan fingerprint density at radius 2 is 1.58 bits per heavy atom. The molecule has 0 unspecified atom stereocenters. The molecule has 0 radical (unpaired) electrons. The number of hydrogen-bond acceptors (Lipinski definition) is 5. The van der Waals surface area contributed by atoms with Crippen molar-refractivity contribution in [2.45, 2.75) is 19.0 Å². The first-order valence-electron chi connectivity index (χ1n) is 11.8. The number of halogens is 2. The summed E-state index contributed by atoms with van der Waals surface area (Å²) in [5, 5.41) is 6.85. The third kappa shape index (κ3) is 6.09. The molecule has 8 nitrogen and oxygen atoms in total. The van der Waals surface area contributed by atoms with Gasteiger partial charge in [0.25, 0.3) is 0 Å². The van der Waals surface area contributed by atoms with Gasteiger partial charge in [0.05, 0.1) is 0 Å². The van der Waals surface area contributed by atoms with Gasteiger partial charge in [-0.15, -0.1) is 0 Å². The van der Waals surface area contributed by atoms with E-state index in [1.165, 1.54) is 58.6 Å². The van der Waals surface area contributed by atoms with Crippen molar-refractivity contribution in [3.05, 3.63) is 108 Å². The van der Waals surface area contributed by atoms with Crippen LogP contribution in [0.4, 0.5) is 14.5 Å². The molecular weight excluding hydrogens is 492 g/mol. The van der Waals surface area contributed by atoms with Crippen LogP contribution in [0.2, 0.25) is 0 Å². The lowest BCUT2D eigenvalue weighted by atomic mass is 10.1. The molecule has 192 valence electrons. The molecule has 1 aromatic heterocycles. The van der Waals surface area contributed by atoms with Crippen molar-refractivity contribution in [1.82, 2.24) is 19.7 Å². The summed E-state index contributed by atoms with van der Waals surface area (Å²) >= 11 is 0. The lowest BCUT2D eigenvalue weighted by Crippen LogP contribution is -2.44. The van der Waals surface area contributed by atoms with Crippen molar-refractivity contribution >= 4 is 23.6 Å². The summed E-state index contributed by atoms with van der Waals surface area (Å²) in [6, 6.07) is 17.7. The zero-order chi connectivity index (χ0) is 26.5. The fourth-order valence-corrected chi connectivity index (χ4v) is 4.16. The van der Waals surface area contributed by atoms with E-state index in [-0.39, 0.29) is 36.5 Å². The molecule has 5 rings (SSSR count). The van der Waals surface area contributed by atoms with E-state index in [0.717, 1.165) is 11.1 Å². The van der Waals surface area contributed by atoms with Crippen molar-refractivity contribution in [1.29, 1.82) is 0 Å². The minimum atomic E-state index is -0.743. The molecule has 2 amide bonds. The first kappa shape index (κ1) is 24.8. The summed E-state index contributed by atoms with van der Waals surface area (Å²) in [6.07, 6.45) is 4.97. The number of hydrogen-bond donors (Lipinski definition) is 1. The number of rotatable bonds is 7. The monoisotopic (exact) mass is 515 g/mol. The molecule has 2 heterocycles. The van der Waals surface area contributed by atoms with Crippen LogP contribution in [0, 0.1) is 11.6 Å². The Hall–Kier alpha value is -4.86. The van der Waals surface area contributed by atoms with Crippen molar-refractivity contribution in [2.24, 2.45) is 0 Å². The Balaban J connectivity index is 1.30. The average Bonchev–Trinajstić information content (AvgIpc) is 3.58. The first-order chi connectivity index (χ1) is 18.4. The fraction of sp³-hybridized carbons (Fsp3) is 0.143. The van der Waals surface area contributed by atoms with E-state index in [9.17, 15) is 18.4 Å². The Morgan fingerprint density at radius 3 is 2.21 bits per heavy atom. The van der Waals surface area contributed by atoms with Crippen LogP contribution in [0.25, 0.3) is 6.08 Å². The van der Waals surface area contributed by atoms with Gasteiger partial charge < -0.3 is 15.0 Å². The highest BCUT2D eigenvalue weighted by Gasteiger charge is 2.36. The highest BCUT2D eigenvalue weighted by atomic mass is 19.1. The average molecular weight is 516 g/mol. The van der Waals surface area contributed by atoms with Crippen LogP contribution in [0.5, 0.6) is 11.5 Å².